The zero-order valence-corrected chi connectivity index (χ0v) is 8.43. The lowest BCUT2D eigenvalue weighted by Crippen LogP contribution is -2.02. The maximum absolute atomic E-state index is 12.4. The fraction of sp³-hybridized carbons (Fsp3) is 0.273. The standard InChI is InChI=1S/C11H11F3O/c1-8-4-3-5-10(11(12,13)14)7-6-9(2)15-8/h3-7H,1-2H3. The van der Waals surface area contributed by atoms with Crippen LogP contribution in [0.4, 0.5) is 13.2 Å². The summed E-state index contributed by atoms with van der Waals surface area (Å²) in [4.78, 5) is 0. The monoisotopic (exact) mass is 216 g/mol. The molecule has 0 unspecified atom stereocenters. The molecule has 0 amide bonds. The Morgan fingerprint density at radius 2 is 1.53 bits per heavy atom. The highest BCUT2D eigenvalue weighted by molar-refractivity contribution is 5.16. The highest BCUT2D eigenvalue weighted by Gasteiger charge is 2.29. The molecule has 0 saturated carbocycles. The summed E-state index contributed by atoms with van der Waals surface area (Å²) in [5.41, 5.74) is -0.698. The van der Waals surface area contributed by atoms with Gasteiger partial charge in [-0.15, -0.1) is 0 Å². The zero-order valence-electron chi connectivity index (χ0n) is 8.43. The van der Waals surface area contributed by atoms with Crippen LogP contribution < -0.4 is 0 Å². The fourth-order valence-electron chi connectivity index (χ4n) is 1.06. The lowest BCUT2D eigenvalue weighted by molar-refractivity contribution is -0.137. The SMILES string of the molecule is Cc1cccc(C(F)(F)F)ccc(C)o1. The lowest BCUT2D eigenvalue weighted by atomic mass is 10.2. The summed E-state index contributed by atoms with van der Waals surface area (Å²) >= 11 is 0. The van der Waals surface area contributed by atoms with E-state index in [9.17, 15) is 13.2 Å². The van der Waals surface area contributed by atoms with Gasteiger partial charge in [0, 0.05) is 0 Å². The molecule has 0 aromatic carbocycles. The molecule has 1 aromatic heterocycles. The Kier molecular flexibility index (Phi) is 3.39. The summed E-state index contributed by atoms with van der Waals surface area (Å²) in [6, 6.07) is 6.12. The Hall–Kier alpha value is -1.45. The van der Waals surface area contributed by atoms with Crippen molar-refractivity contribution in [1.82, 2.24) is 0 Å². The van der Waals surface area contributed by atoms with Crippen LogP contribution in [0.3, 0.4) is 0 Å². The zero-order chi connectivity index (χ0) is 11.5. The molecule has 1 rings (SSSR count). The van der Waals surface area contributed by atoms with Crippen LogP contribution >= 0.6 is 0 Å². The smallest absolute Gasteiger partial charge is 0.416 e. The van der Waals surface area contributed by atoms with Crippen molar-refractivity contribution in [3.8, 4) is 0 Å². The molecule has 0 radical (unpaired) electrons. The average Bonchev–Trinajstić information content (AvgIpc) is 2.14. The molecule has 0 aliphatic rings. The first-order chi connectivity index (χ1) is 6.89. The van der Waals surface area contributed by atoms with Crippen LogP contribution in [-0.4, -0.2) is 0 Å². The Bertz CT molecular complexity index is 389. The third-order valence-corrected chi connectivity index (χ3v) is 1.75. The average molecular weight is 216 g/mol. The van der Waals surface area contributed by atoms with E-state index in [1.807, 2.05) is 0 Å². The van der Waals surface area contributed by atoms with Crippen LogP contribution in [0.2, 0.25) is 0 Å². The van der Waals surface area contributed by atoms with E-state index in [4.69, 9.17) is 4.42 Å². The number of rotatable bonds is 0. The molecule has 4 heteroatoms. The Labute approximate surface area is 85.9 Å². The van der Waals surface area contributed by atoms with E-state index >= 15 is 0 Å². The molecule has 0 N–H and O–H groups in total. The first-order valence-electron chi connectivity index (χ1n) is 4.38. The summed E-state index contributed by atoms with van der Waals surface area (Å²) in [7, 11) is 0. The number of aryl methyl sites for hydroxylation is 2. The second-order valence-corrected chi connectivity index (χ2v) is 3.14. The van der Waals surface area contributed by atoms with Gasteiger partial charge in [-0.2, -0.15) is 13.2 Å². The third-order valence-electron chi connectivity index (χ3n) is 1.75. The molecular weight excluding hydrogens is 205 g/mol. The number of hydrogen-bond acceptors (Lipinski definition) is 1. The van der Waals surface area contributed by atoms with Crippen molar-refractivity contribution in [2.45, 2.75) is 20.0 Å². The second-order valence-electron chi connectivity index (χ2n) is 3.14. The molecular formula is C11H11F3O. The van der Waals surface area contributed by atoms with Gasteiger partial charge in [-0.3, -0.25) is 0 Å². The summed E-state index contributed by atoms with van der Waals surface area (Å²) in [6.07, 6.45) is -4.33. The van der Waals surface area contributed by atoms with Crippen LogP contribution in [0.5, 0.6) is 0 Å². The predicted molar refractivity (Wildman–Crippen MR) is 50.8 cm³/mol. The molecule has 0 aliphatic heterocycles. The molecule has 0 atom stereocenters. The van der Waals surface area contributed by atoms with E-state index in [1.165, 1.54) is 18.2 Å². The van der Waals surface area contributed by atoms with Gasteiger partial charge >= 0.3 is 6.18 Å². The van der Waals surface area contributed by atoms with Crippen LogP contribution in [0, 0.1) is 13.8 Å². The summed E-state index contributed by atoms with van der Waals surface area (Å²) < 4.78 is 42.4. The van der Waals surface area contributed by atoms with Gasteiger partial charge in [0.05, 0.1) is 5.56 Å². The van der Waals surface area contributed by atoms with Crippen molar-refractivity contribution >= 4 is 0 Å². The van der Waals surface area contributed by atoms with E-state index in [2.05, 4.69) is 0 Å². The maximum atomic E-state index is 12.4. The molecule has 1 aromatic rings. The highest BCUT2D eigenvalue weighted by atomic mass is 19.4. The summed E-state index contributed by atoms with van der Waals surface area (Å²) in [5.74, 6) is 0.978. The van der Waals surface area contributed by atoms with Gasteiger partial charge in [-0.25, -0.2) is 0 Å². The van der Waals surface area contributed by atoms with Gasteiger partial charge < -0.3 is 4.42 Å². The van der Waals surface area contributed by atoms with Gasteiger partial charge in [-0.05, 0) is 38.1 Å². The van der Waals surface area contributed by atoms with E-state index < -0.39 is 11.7 Å². The van der Waals surface area contributed by atoms with Crippen molar-refractivity contribution in [2.75, 3.05) is 0 Å². The van der Waals surface area contributed by atoms with Gasteiger partial charge in [-0.1, -0.05) is 6.07 Å². The minimum atomic E-state index is -4.33. The minimum Gasteiger partial charge on any atom is -0.467 e. The van der Waals surface area contributed by atoms with E-state index in [1.54, 1.807) is 13.8 Å². The molecule has 0 bridgehead atoms. The Morgan fingerprint density at radius 3 is 2.13 bits per heavy atom. The van der Waals surface area contributed by atoms with Gasteiger partial charge in [0.2, 0.25) is 0 Å². The molecule has 0 aliphatic carbocycles. The van der Waals surface area contributed by atoms with E-state index in [0.29, 0.717) is 11.5 Å². The van der Waals surface area contributed by atoms with Crippen LogP contribution in [0.15, 0.2) is 34.7 Å². The normalized spacial score (nSPS) is 11.0. The lowest BCUT2D eigenvalue weighted by Gasteiger charge is -2.02. The summed E-state index contributed by atoms with van der Waals surface area (Å²) in [6.45, 7) is 3.29. The summed E-state index contributed by atoms with van der Waals surface area (Å²) in [5, 5.41) is 0. The number of hydrogen-bond donors (Lipinski definition) is 0. The largest absolute Gasteiger partial charge is 0.467 e. The molecule has 1 nitrogen and oxygen atoms in total. The van der Waals surface area contributed by atoms with Gasteiger partial charge in [0.1, 0.15) is 11.5 Å². The fourth-order valence-corrected chi connectivity index (χ4v) is 1.06. The number of halogens is 3. The van der Waals surface area contributed by atoms with Crippen LogP contribution in [0.25, 0.3) is 0 Å². The van der Waals surface area contributed by atoms with Crippen molar-refractivity contribution in [3.05, 3.63) is 47.4 Å². The molecule has 0 fully saturated rings. The molecule has 15 heavy (non-hydrogen) atoms. The topological polar surface area (TPSA) is 13.1 Å². The van der Waals surface area contributed by atoms with Crippen LogP contribution in [0.1, 0.15) is 17.1 Å². The Balaban J connectivity index is 3.37. The van der Waals surface area contributed by atoms with Gasteiger partial charge in [0.25, 0.3) is 0 Å². The predicted octanol–water partition coefficient (Wildman–Crippen LogP) is 4.04. The van der Waals surface area contributed by atoms with Crippen molar-refractivity contribution in [1.29, 1.82) is 0 Å². The second kappa shape index (κ2) is 4.38. The molecule has 0 spiro atoms. The van der Waals surface area contributed by atoms with Gasteiger partial charge in [0.15, 0.2) is 0 Å². The molecule has 1 heterocycles. The first-order valence-corrected chi connectivity index (χ1v) is 4.38. The first kappa shape index (κ1) is 11.6. The quantitative estimate of drug-likeness (QED) is 0.637. The molecule has 0 saturated heterocycles. The maximum Gasteiger partial charge on any atom is 0.416 e. The Morgan fingerprint density at radius 1 is 0.933 bits per heavy atom. The highest BCUT2D eigenvalue weighted by Crippen LogP contribution is 2.28. The van der Waals surface area contributed by atoms with Crippen molar-refractivity contribution < 1.29 is 17.6 Å². The molecule has 82 valence electrons. The third kappa shape index (κ3) is 3.65. The minimum absolute atomic E-state index is 0.425. The van der Waals surface area contributed by atoms with E-state index in [0.717, 1.165) is 12.1 Å². The van der Waals surface area contributed by atoms with Crippen molar-refractivity contribution in [2.24, 2.45) is 0 Å². The number of alkyl halides is 3. The van der Waals surface area contributed by atoms with Crippen LogP contribution in [-0.2, 0) is 6.18 Å². The van der Waals surface area contributed by atoms with Crippen molar-refractivity contribution in [3.63, 3.8) is 0 Å². The van der Waals surface area contributed by atoms with E-state index in [-0.39, 0.29) is 0 Å².